The third kappa shape index (κ3) is 4.47. The zero-order valence-electron chi connectivity index (χ0n) is 13.8. The molecule has 24 heavy (non-hydrogen) atoms. The summed E-state index contributed by atoms with van der Waals surface area (Å²) in [4.78, 5) is 14.7. The van der Waals surface area contributed by atoms with E-state index in [1.165, 1.54) is 11.1 Å². The Hall–Kier alpha value is -2.10. The van der Waals surface area contributed by atoms with Gasteiger partial charge >= 0.3 is 0 Å². The fraction of sp³-hybridized carbons (Fsp3) is 0.250. The normalized spacial score (nSPS) is 15.0. The summed E-state index contributed by atoms with van der Waals surface area (Å²) in [6.45, 7) is 4.72. The van der Waals surface area contributed by atoms with E-state index in [1.807, 2.05) is 18.2 Å². The molecular formula is C20H21ClN2O. The highest BCUT2D eigenvalue weighted by atomic mass is 35.5. The molecule has 1 aliphatic rings. The van der Waals surface area contributed by atoms with Gasteiger partial charge in [0.05, 0.1) is 0 Å². The predicted octanol–water partition coefficient (Wildman–Crippen LogP) is 4.42. The largest absolute Gasteiger partial charge is 0.322 e. The van der Waals surface area contributed by atoms with Gasteiger partial charge in [-0.15, -0.1) is 0 Å². The van der Waals surface area contributed by atoms with Crippen molar-refractivity contribution in [3.63, 3.8) is 0 Å². The van der Waals surface area contributed by atoms with Crippen LogP contribution in [0.2, 0.25) is 5.02 Å². The fourth-order valence-corrected chi connectivity index (χ4v) is 3.10. The molecule has 0 spiro atoms. The van der Waals surface area contributed by atoms with Crippen LogP contribution in [-0.4, -0.2) is 23.9 Å². The lowest BCUT2D eigenvalue weighted by atomic mass is 10.1. The van der Waals surface area contributed by atoms with Crippen molar-refractivity contribution in [3.8, 4) is 0 Å². The average molecular weight is 341 g/mol. The molecule has 1 heterocycles. The Morgan fingerprint density at radius 3 is 2.75 bits per heavy atom. The topological polar surface area (TPSA) is 32.3 Å². The lowest BCUT2D eigenvalue weighted by Gasteiger charge is -2.26. The molecule has 0 bridgehead atoms. The molecule has 0 fully saturated rings. The minimum Gasteiger partial charge on any atom is -0.322 e. The van der Waals surface area contributed by atoms with E-state index in [9.17, 15) is 4.79 Å². The van der Waals surface area contributed by atoms with Crippen molar-refractivity contribution in [1.29, 1.82) is 0 Å². The molecule has 0 saturated carbocycles. The van der Waals surface area contributed by atoms with Crippen LogP contribution in [0.5, 0.6) is 0 Å². The van der Waals surface area contributed by atoms with Crippen LogP contribution in [0.1, 0.15) is 17.5 Å². The van der Waals surface area contributed by atoms with Crippen LogP contribution >= 0.6 is 11.6 Å². The molecule has 0 aromatic heterocycles. The maximum Gasteiger partial charge on any atom is 0.251 e. The number of halogens is 1. The molecule has 4 heteroatoms. The molecule has 1 amide bonds. The number of aryl methyl sites for hydroxylation is 1. The van der Waals surface area contributed by atoms with Gasteiger partial charge < -0.3 is 5.32 Å². The Labute approximate surface area is 147 Å². The second-order valence-corrected chi connectivity index (χ2v) is 6.60. The zero-order chi connectivity index (χ0) is 16.9. The quantitative estimate of drug-likeness (QED) is 0.893. The van der Waals surface area contributed by atoms with Gasteiger partial charge in [-0.2, -0.15) is 0 Å². The number of amides is 1. The van der Waals surface area contributed by atoms with Gasteiger partial charge in [-0.1, -0.05) is 53.6 Å². The standard InChI is InChI=1S/C20H21ClN2O/c1-15-4-2-5-16(12-15)14-23-10-8-17(9-11-23)20(24)22-19-7-3-6-18(21)13-19/h2-8,12-13H,9-11,14H2,1H3,(H,22,24). The number of benzene rings is 2. The van der Waals surface area contributed by atoms with Crippen LogP contribution in [0.15, 0.2) is 60.2 Å². The van der Waals surface area contributed by atoms with Gasteiger partial charge in [-0.05, 0) is 37.1 Å². The van der Waals surface area contributed by atoms with E-state index in [4.69, 9.17) is 11.6 Å². The Morgan fingerprint density at radius 2 is 2.04 bits per heavy atom. The van der Waals surface area contributed by atoms with Crippen molar-refractivity contribution >= 4 is 23.2 Å². The Balaban J connectivity index is 1.57. The number of rotatable bonds is 4. The third-order valence-corrected chi connectivity index (χ3v) is 4.39. The average Bonchev–Trinajstić information content (AvgIpc) is 2.55. The second kappa shape index (κ2) is 7.65. The first kappa shape index (κ1) is 16.7. The molecule has 2 aromatic carbocycles. The molecular weight excluding hydrogens is 320 g/mol. The molecule has 0 atom stereocenters. The molecule has 0 unspecified atom stereocenters. The fourth-order valence-electron chi connectivity index (χ4n) is 2.91. The van der Waals surface area contributed by atoms with Gasteiger partial charge in [0.25, 0.3) is 5.91 Å². The summed E-state index contributed by atoms with van der Waals surface area (Å²) in [7, 11) is 0. The highest BCUT2D eigenvalue weighted by Crippen LogP contribution is 2.19. The summed E-state index contributed by atoms with van der Waals surface area (Å²) in [5.41, 5.74) is 4.17. The first-order chi connectivity index (χ1) is 11.6. The molecule has 124 valence electrons. The van der Waals surface area contributed by atoms with Gasteiger partial charge in [0.1, 0.15) is 0 Å². The molecule has 0 radical (unpaired) electrons. The highest BCUT2D eigenvalue weighted by molar-refractivity contribution is 6.30. The summed E-state index contributed by atoms with van der Waals surface area (Å²) >= 11 is 5.95. The zero-order valence-corrected chi connectivity index (χ0v) is 14.5. The molecule has 2 aromatic rings. The van der Waals surface area contributed by atoms with Crippen LogP contribution in [0, 0.1) is 6.92 Å². The third-order valence-electron chi connectivity index (χ3n) is 4.16. The van der Waals surface area contributed by atoms with E-state index in [0.29, 0.717) is 5.02 Å². The van der Waals surface area contributed by atoms with Gasteiger partial charge in [-0.25, -0.2) is 0 Å². The maximum absolute atomic E-state index is 12.3. The predicted molar refractivity (Wildman–Crippen MR) is 99.2 cm³/mol. The molecule has 0 aliphatic carbocycles. The van der Waals surface area contributed by atoms with E-state index in [1.54, 1.807) is 12.1 Å². The smallest absolute Gasteiger partial charge is 0.251 e. The Kier molecular flexibility index (Phi) is 5.34. The summed E-state index contributed by atoms with van der Waals surface area (Å²) < 4.78 is 0. The number of carbonyl (C=O) groups excluding carboxylic acids is 1. The van der Waals surface area contributed by atoms with Crippen LogP contribution in [0.3, 0.4) is 0 Å². The summed E-state index contributed by atoms with van der Waals surface area (Å²) in [5.74, 6) is -0.0347. The van der Waals surface area contributed by atoms with Crippen LogP contribution < -0.4 is 5.32 Å². The molecule has 1 N–H and O–H groups in total. The number of hydrogen-bond acceptors (Lipinski definition) is 2. The number of nitrogens with zero attached hydrogens (tertiary/aromatic N) is 1. The van der Waals surface area contributed by atoms with Crippen molar-refractivity contribution in [2.45, 2.75) is 19.9 Å². The van der Waals surface area contributed by atoms with E-state index in [0.717, 1.165) is 37.3 Å². The SMILES string of the molecule is Cc1cccc(CN2CC=C(C(=O)Nc3cccc(Cl)c3)CC2)c1. The first-order valence-corrected chi connectivity index (χ1v) is 8.52. The summed E-state index contributed by atoms with van der Waals surface area (Å²) in [5, 5.41) is 3.53. The monoisotopic (exact) mass is 340 g/mol. The minimum atomic E-state index is -0.0347. The van der Waals surface area contributed by atoms with Crippen molar-refractivity contribution in [3.05, 3.63) is 76.3 Å². The van der Waals surface area contributed by atoms with Gasteiger partial charge in [0.2, 0.25) is 0 Å². The number of carbonyl (C=O) groups is 1. The summed E-state index contributed by atoms with van der Waals surface area (Å²) in [6.07, 6.45) is 2.79. The highest BCUT2D eigenvalue weighted by Gasteiger charge is 2.17. The molecule has 3 nitrogen and oxygen atoms in total. The first-order valence-electron chi connectivity index (χ1n) is 8.14. The molecule has 3 rings (SSSR count). The number of anilines is 1. The van der Waals surface area contributed by atoms with Crippen LogP contribution in [0.25, 0.3) is 0 Å². The van der Waals surface area contributed by atoms with Crippen molar-refractivity contribution < 1.29 is 4.79 Å². The van der Waals surface area contributed by atoms with Crippen molar-refractivity contribution in [1.82, 2.24) is 4.90 Å². The van der Waals surface area contributed by atoms with Gasteiger partial charge in [-0.3, -0.25) is 9.69 Å². The Morgan fingerprint density at radius 1 is 1.21 bits per heavy atom. The van der Waals surface area contributed by atoms with Crippen molar-refractivity contribution in [2.75, 3.05) is 18.4 Å². The minimum absolute atomic E-state index is 0.0347. The van der Waals surface area contributed by atoms with E-state index >= 15 is 0 Å². The lowest BCUT2D eigenvalue weighted by molar-refractivity contribution is -0.113. The van der Waals surface area contributed by atoms with E-state index in [-0.39, 0.29) is 5.91 Å². The number of nitrogens with one attached hydrogen (secondary N) is 1. The lowest BCUT2D eigenvalue weighted by Crippen LogP contribution is -2.31. The van der Waals surface area contributed by atoms with Gasteiger partial charge in [0, 0.05) is 35.9 Å². The maximum atomic E-state index is 12.3. The molecule has 0 saturated heterocycles. The number of hydrogen-bond donors (Lipinski definition) is 1. The molecule has 1 aliphatic heterocycles. The van der Waals surface area contributed by atoms with E-state index < -0.39 is 0 Å². The van der Waals surface area contributed by atoms with Crippen LogP contribution in [-0.2, 0) is 11.3 Å². The van der Waals surface area contributed by atoms with Gasteiger partial charge in [0.15, 0.2) is 0 Å². The summed E-state index contributed by atoms with van der Waals surface area (Å²) in [6, 6.07) is 15.8. The van der Waals surface area contributed by atoms with E-state index in [2.05, 4.69) is 41.4 Å². The van der Waals surface area contributed by atoms with Crippen molar-refractivity contribution in [2.24, 2.45) is 0 Å². The second-order valence-electron chi connectivity index (χ2n) is 6.17. The van der Waals surface area contributed by atoms with Crippen LogP contribution in [0.4, 0.5) is 5.69 Å². The Bertz CT molecular complexity index is 770.